The zero-order valence-electron chi connectivity index (χ0n) is 37.1. The van der Waals surface area contributed by atoms with Gasteiger partial charge in [-0.15, -0.1) is 6.67 Å². The number of benzene rings is 5. The van der Waals surface area contributed by atoms with Crippen LogP contribution in [0.3, 0.4) is 0 Å². The number of hydrogen-bond acceptors (Lipinski definition) is 2. The third-order valence-electron chi connectivity index (χ3n) is 7.93. The van der Waals surface area contributed by atoms with Crippen molar-refractivity contribution in [3.63, 3.8) is 0 Å². The molecule has 0 fully saturated rings. The summed E-state index contributed by atoms with van der Waals surface area (Å²) in [6.07, 6.45) is 4.57. The Kier molecular flexibility index (Phi) is 32.5. The summed E-state index contributed by atoms with van der Waals surface area (Å²) in [7, 11) is 34.3. The van der Waals surface area contributed by atoms with Gasteiger partial charge in [-0.2, -0.15) is 0 Å². The summed E-state index contributed by atoms with van der Waals surface area (Å²) in [5, 5.41) is 0. The first kappa shape index (κ1) is 61.5. The topological polar surface area (TPSA) is 19.3 Å². The van der Waals surface area contributed by atoms with Crippen molar-refractivity contribution in [3.8, 4) is 5.75 Å². The van der Waals surface area contributed by atoms with Crippen molar-refractivity contribution in [2.24, 2.45) is 0 Å². The van der Waals surface area contributed by atoms with E-state index >= 15 is 0 Å². The molecule has 1 aliphatic heterocycles. The average Bonchev–Trinajstić information content (AvgIpc) is 3.58. The van der Waals surface area contributed by atoms with Crippen molar-refractivity contribution >= 4 is 83.3 Å². The molecule has 0 unspecified atom stereocenters. The monoisotopic (exact) mass is 1210 g/mol. The average molecular weight is 1210 g/mol. The fourth-order valence-corrected chi connectivity index (χ4v) is 11.5. The van der Waals surface area contributed by atoms with Crippen LogP contribution in [0, 0.1) is 77.9 Å². The van der Waals surface area contributed by atoms with Crippen molar-refractivity contribution in [1.29, 1.82) is 0 Å². The zero-order valence-corrected chi connectivity index (χ0v) is 46.9. The van der Waals surface area contributed by atoms with E-state index in [-0.39, 0.29) is 35.8 Å². The normalized spacial score (nSPS) is 11.4. The van der Waals surface area contributed by atoms with Gasteiger partial charge in [-0.3, -0.25) is 0 Å². The maximum absolute atomic E-state index is 5.83. The number of aryl methyl sites for hydroxylation is 6. The minimum absolute atomic E-state index is 0. The Balaban J connectivity index is 0. The van der Waals surface area contributed by atoms with E-state index in [4.69, 9.17) is 58.1 Å². The number of para-hydroxylation sites is 1. The summed E-state index contributed by atoms with van der Waals surface area (Å²) in [5.41, 5.74) is 13.7. The number of hydrogen-bond donors (Lipinski definition) is 0. The molecule has 0 saturated heterocycles. The Labute approximate surface area is 409 Å². The molecule has 0 saturated carbocycles. The van der Waals surface area contributed by atoms with E-state index in [0.717, 1.165) is 22.4 Å². The van der Waals surface area contributed by atoms with Crippen molar-refractivity contribution in [3.05, 3.63) is 208 Å². The molecule has 5 aromatic rings. The second-order valence-corrected chi connectivity index (χ2v) is 30.4. The first-order valence-corrected chi connectivity index (χ1v) is 34.1. The van der Waals surface area contributed by atoms with Crippen molar-refractivity contribution < 1.29 is 45.3 Å². The Morgan fingerprint density at radius 1 is 0.492 bits per heavy atom. The van der Waals surface area contributed by atoms with Gasteiger partial charge in [-0.05, 0) is 76.2 Å². The number of aromatic hydroxyl groups is 1. The number of aliphatic hydroxyl groups is 1. The minimum atomic E-state index is -1.75. The number of halogens is 6. The summed E-state index contributed by atoms with van der Waals surface area (Å²) in [6, 6.07) is 36.7. The van der Waals surface area contributed by atoms with Crippen LogP contribution in [-0.2, 0) is 40.6 Å². The van der Waals surface area contributed by atoms with Gasteiger partial charge in [0.05, 0.1) is 0 Å². The summed E-state index contributed by atoms with van der Waals surface area (Å²) >= 11 is -4.98. The number of ether oxygens (including phenoxy) is 1. The standard InChI is InChI=1S/C21H25N2.C10H12O.2C7H6.4CH3.6ClH.3Ru/c1-14-9-16(3)20(17(4)10-14)22-7-8-23(13-22)21-18(5)11-15(2)12-19(21)6;1-8(2)11-10-7-5-4-6-9(10)3;2*1-7-5-3-2-4-6-7;;;;;;;;;;;;;/h7-13H,1-6H3;3-8H,1-2H3;2*1-6H;4*1H3;6*1H;;;/q-1;;;;4*-1;;;;;;;3*+2/p-5. The van der Waals surface area contributed by atoms with Crippen molar-refractivity contribution in [1.82, 2.24) is 0 Å². The van der Waals surface area contributed by atoms with Gasteiger partial charge < -0.3 is 39.5 Å². The predicted molar refractivity (Wildman–Crippen MR) is 272 cm³/mol. The number of rotatable bonds is 7. The second kappa shape index (κ2) is 32.2. The molecule has 0 bridgehead atoms. The Bertz CT molecular complexity index is 2000. The first-order chi connectivity index (χ1) is 27.0. The third kappa shape index (κ3) is 22.8. The Morgan fingerprint density at radius 3 is 1.15 bits per heavy atom. The third-order valence-corrected chi connectivity index (χ3v) is 13.5. The molecule has 344 valence electrons. The second-order valence-electron chi connectivity index (χ2n) is 13.2. The Morgan fingerprint density at radius 2 is 0.820 bits per heavy atom. The van der Waals surface area contributed by atoms with Crippen LogP contribution in [0.4, 0.5) is 11.4 Å². The van der Waals surface area contributed by atoms with Crippen LogP contribution in [0.5, 0.6) is 5.75 Å². The Hall–Kier alpha value is -1.54. The molecule has 5 aromatic carbocycles. The van der Waals surface area contributed by atoms with Crippen LogP contribution in [0.25, 0.3) is 0 Å². The molecular weight excluding hydrogens is 1150 g/mol. The van der Waals surface area contributed by atoms with E-state index in [2.05, 4.69) is 99.4 Å². The van der Waals surface area contributed by atoms with Crippen LogP contribution in [0.1, 0.15) is 63.9 Å². The van der Waals surface area contributed by atoms with Gasteiger partial charge in [0.2, 0.25) is 0 Å². The van der Waals surface area contributed by atoms with E-state index in [0.29, 0.717) is 0 Å². The van der Waals surface area contributed by atoms with Crippen molar-refractivity contribution in [2.45, 2.75) is 61.5 Å². The van der Waals surface area contributed by atoms with E-state index in [1.165, 1.54) is 44.8 Å². The number of nitrogens with zero attached hydrogens (tertiary/aromatic N) is 2. The zero-order chi connectivity index (χ0) is 42.1. The van der Waals surface area contributed by atoms with Crippen LogP contribution in [0.15, 0.2) is 122 Å². The molecule has 3 nitrogen and oxygen atoms in total. The summed E-state index contributed by atoms with van der Waals surface area (Å²) in [6.45, 7) is 19.3. The van der Waals surface area contributed by atoms with Gasteiger partial charge in [0.25, 0.3) is 0 Å². The first-order valence-electron chi connectivity index (χ1n) is 17.7. The van der Waals surface area contributed by atoms with E-state index in [9.17, 15) is 0 Å². The van der Waals surface area contributed by atoms with Gasteiger partial charge in [-0.25, -0.2) is 0 Å². The van der Waals surface area contributed by atoms with Crippen LogP contribution >= 0.6 is 58.1 Å². The van der Waals surface area contributed by atoms with Gasteiger partial charge in [0.15, 0.2) is 0 Å². The van der Waals surface area contributed by atoms with Crippen molar-refractivity contribution in [2.75, 3.05) is 9.80 Å². The van der Waals surface area contributed by atoms with E-state index in [1.807, 2.05) is 113 Å². The van der Waals surface area contributed by atoms with Crippen LogP contribution < -0.4 is 9.80 Å². The van der Waals surface area contributed by atoms with Gasteiger partial charge in [-0.1, -0.05) is 35.4 Å². The molecule has 0 aliphatic carbocycles. The number of anilines is 2. The molecule has 0 atom stereocenters. The van der Waals surface area contributed by atoms with Gasteiger partial charge in [0.1, 0.15) is 0 Å². The summed E-state index contributed by atoms with van der Waals surface area (Å²) < 4.78 is 10.3. The SMILES string of the molecule is CC(C)[OH+]c1ccccc1[CH]=[Ru]([Cl])[Cl].Cc1cc(C)c(N2C=CN(c3c(C)cc(C)cc3C)[CH-]2)c(C)c1.[CH3-].[CH3-].[CH3-].[CH3-].[Cl][Ru]([Cl])=[CH]c1ccccc1.[Cl][Ru]([Cl])=[CH]c1ccccc1. The molecule has 1 N–H and O–H groups in total. The fourth-order valence-electron chi connectivity index (χ4n) is 6.05. The molecule has 6 rings (SSSR count). The van der Waals surface area contributed by atoms with Crippen LogP contribution in [-0.4, -0.2) is 24.7 Å². The fraction of sp³-hybridized carbons (Fsp3) is 0.184. The molecule has 1 aliphatic rings. The molecule has 0 radical (unpaired) electrons. The maximum atomic E-state index is 5.83. The summed E-state index contributed by atoms with van der Waals surface area (Å²) in [4.78, 5) is 4.45. The molecule has 0 aromatic heterocycles. The predicted octanol–water partition coefficient (Wildman–Crippen LogP) is 16.2. The molecule has 12 heteroatoms. The van der Waals surface area contributed by atoms with E-state index < -0.39 is 40.6 Å². The molecule has 0 amide bonds. The molecule has 0 spiro atoms. The van der Waals surface area contributed by atoms with Crippen LogP contribution in [0.2, 0.25) is 0 Å². The molecule has 1 heterocycles. The van der Waals surface area contributed by atoms with E-state index in [1.54, 1.807) is 0 Å². The van der Waals surface area contributed by atoms with Gasteiger partial charge >= 0.3 is 245 Å². The quantitative estimate of drug-likeness (QED) is 0.0919. The molecule has 61 heavy (non-hydrogen) atoms. The summed E-state index contributed by atoms with van der Waals surface area (Å²) in [5.74, 6) is 0.975. The molecular formula is C49H62Cl6N2ORu3-4. The van der Waals surface area contributed by atoms with Gasteiger partial charge in [0, 0.05) is 11.4 Å².